The van der Waals surface area contributed by atoms with Crippen molar-refractivity contribution in [1.29, 1.82) is 0 Å². The van der Waals surface area contributed by atoms with Crippen LogP contribution in [0, 0.1) is 17.3 Å². The molecule has 2 atom stereocenters. The smallest absolute Gasteiger partial charge is 0.240 e. The Morgan fingerprint density at radius 3 is 2.27 bits per heavy atom. The molecule has 3 N–H and O–H groups in total. The van der Waals surface area contributed by atoms with E-state index in [1.807, 2.05) is 20.8 Å². The van der Waals surface area contributed by atoms with Gasteiger partial charge in [0.1, 0.15) is 5.54 Å². The van der Waals surface area contributed by atoms with Crippen LogP contribution in [-0.4, -0.2) is 30.7 Å². The van der Waals surface area contributed by atoms with Gasteiger partial charge in [0, 0.05) is 25.0 Å². The summed E-state index contributed by atoms with van der Waals surface area (Å²) in [5.41, 5.74) is 5.33. The van der Waals surface area contributed by atoms with Gasteiger partial charge in [-0.2, -0.15) is 0 Å². The van der Waals surface area contributed by atoms with E-state index in [2.05, 4.69) is 12.2 Å². The summed E-state index contributed by atoms with van der Waals surface area (Å²) in [6.07, 6.45) is 7.10. The van der Waals surface area contributed by atoms with Crippen molar-refractivity contribution in [3.05, 3.63) is 0 Å². The highest BCUT2D eigenvalue weighted by atomic mass is 16.5. The molecule has 2 fully saturated rings. The van der Waals surface area contributed by atoms with E-state index in [1.54, 1.807) is 0 Å². The average molecular weight is 310 g/mol. The molecule has 0 bridgehead atoms. The molecule has 2 saturated carbocycles. The fourth-order valence-electron chi connectivity index (χ4n) is 4.06. The maximum atomic E-state index is 12.6. The van der Waals surface area contributed by atoms with Gasteiger partial charge in [-0.3, -0.25) is 4.79 Å². The van der Waals surface area contributed by atoms with E-state index in [4.69, 9.17) is 10.5 Å². The molecule has 2 aliphatic rings. The number of nitrogens with one attached hydrogen (secondary N) is 1. The summed E-state index contributed by atoms with van der Waals surface area (Å²) >= 11 is 0. The number of amides is 1. The topological polar surface area (TPSA) is 64.3 Å². The molecule has 2 aliphatic carbocycles. The second-order valence-electron chi connectivity index (χ2n) is 7.85. The zero-order valence-electron chi connectivity index (χ0n) is 14.8. The number of hydrogen-bond donors (Lipinski definition) is 2. The number of rotatable bonds is 6. The lowest BCUT2D eigenvalue weighted by molar-refractivity contribution is -0.170. The van der Waals surface area contributed by atoms with E-state index in [1.165, 1.54) is 32.1 Å². The van der Waals surface area contributed by atoms with Crippen molar-refractivity contribution in [3.63, 3.8) is 0 Å². The van der Waals surface area contributed by atoms with Crippen LogP contribution in [-0.2, 0) is 9.53 Å². The van der Waals surface area contributed by atoms with Crippen LogP contribution in [0.2, 0.25) is 0 Å². The molecule has 0 radical (unpaired) electrons. The molecule has 0 spiro atoms. The lowest BCUT2D eigenvalue weighted by atomic mass is 9.54. The van der Waals surface area contributed by atoms with Crippen LogP contribution in [0.3, 0.4) is 0 Å². The van der Waals surface area contributed by atoms with Gasteiger partial charge in [-0.1, -0.05) is 40.0 Å². The van der Waals surface area contributed by atoms with Crippen LogP contribution >= 0.6 is 0 Å². The largest absolute Gasteiger partial charge is 0.378 e. The summed E-state index contributed by atoms with van der Waals surface area (Å²) in [6.45, 7) is 9.81. The van der Waals surface area contributed by atoms with Crippen LogP contribution < -0.4 is 11.1 Å². The van der Waals surface area contributed by atoms with Crippen molar-refractivity contribution in [2.24, 2.45) is 23.0 Å². The molecule has 0 aromatic heterocycles. The lowest BCUT2D eigenvalue weighted by Crippen LogP contribution is -2.75. The predicted molar refractivity (Wildman–Crippen MR) is 89.5 cm³/mol. The molecule has 4 heteroatoms. The van der Waals surface area contributed by atoms with Crippen molar-refractivity contribution in [1.82, 2.24) is 5.32 Å². The van der Waals surface area contributed by atoms with Crippen LogP contribution in [0.4, 0.5) is 0 Å². The quantitative estimate of drug-likeness (QED) is 0.793. The van der Waals surface area contributed by atoms with Gasteiger partial charge in [0.25, 0.3) is 0 Å². The molecule has 1 amide bonds. The van der Waals surface area contributed by atoms with Crippen molar-refractivity contribution in [2.75, 3.05) is 13.2 Å². The van der Waals surface area contributed by atoms with Gasteiger partial charge in [-0.25, -0.2) is 0 Å². The molecule has 2 unspecified atom stereocenters. The van der Waals surface area contributed by atoms with E-state index in [0.717, 1.165) is 12.5 Å². The van der Waals surface area contributed by atoms with Crippen molar-refractivity contribution >= 4 is 5.91 Å². The minimum absolute atomic E-state index is 0.00562. The van der Waals surface area contributed by atoms with Gasteiger partial charge in [-0.15, -0.1) is 0 Å². The highest BCUT2D eigenvalue weighted by Crippen LogP contribution is 2.49. The number of carbonyl (C=O) groups excluding carboxylic acids is 1. The first-order valence-corrected chi connectivity index (χ1v) is 9.03. The van der Waals surface area contributed by atoms with E-state index in [9.17, 15) is 4.79 Å². The van der Waals surface area contributed by atoms with Crippen LogP contribution in [0.5, 0.6) is 0 Å². The third-order valence-corrected chi connectivity index (χ3v) is 6.33. The first-order chi connectivity index (χ1) is 10.3. The number of carbonyl (C=O) groups is 1. The molecule has 0 saturated heterocycles. The molecular weight excluding hydrogens is 276 g/mol. The first-order valence-electron chi connectivity index (χ1n) is 9.03. The Labute approximate surface area is 135 Å². The number of ether oxygens (including phenoxy) is 1. The zero-order chi connectivity index (χ0) is 16.4. The summed E-state index contributed by atoms with van der Waals surface area (Å²) in [5.74, 6) is 1.53. The first kappa shape index (κ1) is 17.7. The monoisotopic (exact) mass is 310 g/mol. The van der Waals surface area contributed by atoms with Gasteiger partial charge < -0.3 is 15.8 Å². The van der Waals surface area contributed by atoms with Crippen LogP contribution in [0.1, 0.15) is 66.2 Å². The Balaban J connectivity index is 1.80. The maximum absolute atomic E-state index is 12.6. The van der Waals surface area contributed by atoms with Gasteiger partial charge in [0.05, 0.1) is 6.10 Å². The van der Waals surface area contributed by atoms with Crippen molar-refractivity contribution in [2.45, 2.75) is 77.9 Å². The van der Waals surface area contributed by atoms with Gasteiger partial charge in [0.15, 0.2) is 0 Å². The standard InChI is InChI=1S/C18H34N2O2/c1-5-13-7-9-14(10-8-13)12-20-16(21)18(19)11-15(22-6-2)17(18,3)4/h13-15H,5-12,19H2,1-4H3,(H,20,21). The van der Waals surface area contributed by atoms with Crippen LogP contribution in [0.25, 0.3) is 0 Å². The summed E-state index contributed by atoms with van der Waals surface area (Å²) in [5, 5.41) is 3.13. The van der Waals surface area contributed by atoms with Gasteiger partial charge in [-0.05, 0) is 31.6 Å². The Morgan fingerprint density at radius 2 is 1.77 bits per heavy atom. The second kappa shape index (κ2) is 6.88. The number of hydrogen-bond acceptors (Lipinski definition) is 3. The van der Waals surface area contributed by atoms with E-state index in [-0.39, 0.29) is 17.4 Å². The molecule has 128 valence electrons. The maximum Gasteiger partial charge on any atom is 0.240 e. The molecular formula is C18H34N2O2. The average Bonchev–Trinajstić information content (AvgIpc) is 2.52. The molecule has 0 aromatic carbocycles. The third kappa shape index (κ3) is 3.18. The number of nitrogens with two attached hydrogens (primary N) is 1. The minimum atomic E-state index is -0.784. The normalized spacial score (nSPS) is 37.4. The fraction of sp³-hybridized carbons (Fsp3) is 0.944. The molecule has 4 nitrogen and oxygen atoms in total. The summed E-state index contributed by atoms with van der Waals surface area (Å²) in [6, 6.07) is 0. The minimum Gasteiger partial charge on any atom is -0.378 e. The SMILES string of the molecule is CCOC1CC(N)(C(=O)NCC2CCC(CC)CC2)C1(C)C. The van der Waals surface area contributed by atoms with Crippen LogP contribution in [0.15, 0.2) is 0 Å². The molecule has 22 heavy (non-hydrogen) atoms. The van der Waals surface area contributed by atoms with E-state index < -0.39 is 5.54 Å². The Morgan fingerprint density at radius 1 is 1.18 bits per heavy atom. The Hall–Kier alpha value is -0.610. The van der Waals surface area contributed by atoms with Crippen molar-refractivity contribution in [3.8, 4) is 0 Å². The third-order valence-electron chi connectivity index (χ3n) is 6.33. The van der Waals surface area contributed by atoms with Gasteiger partial charge >= 0.3 is 0 Å². The summed E-state index contributed by atoms with van der Waals surface area (Å²) < 4.78 is 5.70. The molecule has 0 aliphatic heterocycles. The van der Waals surface area contributed by atoms with Gasteiger partial charge in [0.2, 0.25) is 5.91 Å². The fourth-order valence-corrected chi connectivity index (χ4v) is 4.06. The highest BCUT2D eigenvalue weighted by molar-refractivity contribution is 5.88. The molecule has 0 heterocycles. The van der Waals surface area contributed by atoms with Crippen molar-refractivity contribution < 1.29 is 9.53 Å². The Kier molecular flexibility index (Phi) is 5.54. The Bertz CT molecular complexity index is 389. The summed E-state index contributed by atoms with van der Waals surface area (Å²) in [7, 11) is 0. The summed E-state index contributed by atoms with van der Waals surface area (Å²) in [4.78, 5) is 12.6. The van der Waals surface area contributed by atoms with E-state index in [0.29, 0.717) is 18.9 Å². The highest BCUT2D eigenvalue weighted by Gasteiger charge is 2.62. The molecule has 0 aromatic rings. The molecule has 2 rings (SSSR count). The predicted octanol–water partition coefficient (Wildman–Crippen LogP) is 2.85. The second-order valence-corrected chi connectivity index (χ2v) is 7.85. The lowest BCUT2D eigenvalue weighted by Gasteiger charge is -2.57. The van der Waals surface area contributed by atoms with E-state index >= 15 is 0 Å². The zero-order valence-corrected chi connectivity index (χ0v) is 14.8.